The number of urea groups is 1. The second-order valence-electron chi connectivity index (χ2n) is 7.06. The van der Waals surface area contributed by atoms with E-state index in [0.29, 0.717) is 28.5 Å². The van der Waals surface area contributed by atoms with E-state index in [2.05, 4.69) is 15.6 Å². The van der Waals surface area contributed by atoms with Crippen LogP contribution >= 0.6 is 0 Å². The van der Waals surface area contributed by atoms with Gasteiger partial charge in [-0.05, 0) is 60.7 Å². The van der Waals surface area contributed by atoms with Crippen LogP contribution in [0.1, 0.15) is 5.56 Å². The first-order valence-corrected chi connectivity index (χ1v) is 9.73. The van der Waals surface area contributed by atoms with Crippen LogP contribution < -0.4 is 21.1 Å². The molecule has 0 aliphatic rings. The molecule has 7 heteroatoms. The summed E-state index contributed by atoms with van der Waals surface area (Å²) in [6.45, 7) is 0. The number of aryl methyl sites for hydroxylation is 1. The highest BCUT2D eigenvalue weighted by atomic mass is 16.5. The molecule has 156 valence electrons. The van der Waals surface area contributed by atoms with Gasteiger partial charge in [0.2, 0.25) is 0 Å². The molecule has 3 aromatic carbocycles. The molecule has 0 saturated heterocycles. The van der Waals surface area contributed by atoms with Crippen molar-refractivity contribution in [3.8, 4) is 5.75 Å². The van der Waals surface area contributed by atoms with Gasteiger partial charge in [0, 0.05) is 41.1 Å². The molecule has 0 aliphatic carbocycles. The number of aliphatic imine (C=N–C) groups is 1. The van der Waals surface area contributed by atoms with Gasteiger partial charge in [0.25, 0.3) is 0 Å². The molecule has 0 atom stereocenters. The van der Waals surface area contributed by atoms with Crippen molar-refractivity contribution >= 4 is 39.8 Å². The fourth-order valence-corrected chi connectivity index (χ4v) is 3.27. The minimum Gasteiger partial charge on any atom is -0.497 e. The Balaban J connectivity index is 1.45. The highest BCUT2D eigenvalue weighted by Gasteiger charge is 2.07. The molecule has 7 nitrogen and oxygen atoms in total. The maximum Gasteiger partial charge on any atom is 0.323 e. The SMILES string of the molecule is COc1ccc(N=C(N)c2cccc(NC(=O)Nc3ccc4c(ccn4C)c3)c2)cc1. The number of methoxy groups -OCH3 is 1. The number of rotatable bonds is 5. The van der Waals surface area contributed by atoms with Crippen LogP contribution in [-0.2, 0) is 7.05 Å². The minimum absolute atomic E-state index is 0.335. The highest BCUT2D eigenvalue weighted by molar-refractivity contribution is 6.03. The first kappa shape index (κ1) is 20.0. The molecule has 4 aromatic rings. The van der Waals surface area contributed by atoms with Crippen LogP contribution in [0.3, 0.4) is 0 Å². The van der Waals surface area contributed by atoms with Crippen LogP contribution in [0.25, 0.3) is 10.9 Å². The summed E-state index contributed by atoms with van der Waals surface area (Å²) in [5, 5.41) is 6.75. The minimum atomic E-state index is -0.335. The van der Waals surface area contributed by atoms with Gasteiger partial charge in [-0.25, -0.2) is 9.79 Å². The van der Waals surface area contributed by atoms with Gasteiger partial charge < -0.3 is 25.7 Å². The zero-order valence-corrected chi connectivity index (χ0v) is 17.3. The Hall–Kier alpha value is -4.26. The van der Waals surface area contributed by atoms with Crippen molar-refractivity contribution in [2.24, 2.45) is 17.8 Å². The topological polar surface area (TPSA) is 93.7 Å². The summed E-state index contributed by atoms with van der Waals surface area (Å²) in [5.74, 6) is 1.10. The number of benzene rings is 3. The molecule has 31 heavy (non-hydrogen) atoms. The fourth-order valence-electron chi connectivity index (χ4n) is 3.27. The third-order valence-corrected chi connectivity index (χ3v) is 4.88. The number of amides is 2. The quantitative estimate of drug-likeness (QED) is 0.322. The Bertz CT molecular complexity index is 1260. The molecule has 4 N–H and O–H groups in total. The second-order valence-corrected chi connectivity index (χ2v) is 7.06. The number of nitrogens with zero attached hydrogens (tertiary/aromatic N) is 2. The largest absolute Gasteiger partial charge is 0.497 e. The molecule has 0 spiro atoms. The summed E-state index contributed by atoms with van der Waals surface area (Å²) >= 11 is 0. The monoisotopic (exact) mass is 413 g/mol. The Kier molecular flexibility index (Phi) is 5.57. The second kappa shape index (κ2) is 8.62. The van der Waals surface area contributed by atoms with Crippen LogP contribution in [0.15, 0.2) is 84.0 Å². The number of aromatic nitrogens is 1. The normalized spacial score (nSPS) is 11.4. The van der Waals surface area contributed by atoms with E-state index in [1.807, 2.05) is 78.5 Å². The Morgan fingerprint density at radius 2 is 1.71 bits per heavy atom. The van der Waals surface area contributed by atoms with Crippen molar-refractivity contribution in [3.05, 3.63) is 84.6 Å². The number of hydrogen-bond donors (Lipinski definition) is 3. The number of amidine groups is 1. The number of hydrogen-bond acceptors (Lipinski definition) is 3. The number of carbonyl (C=O) groups excluding carboxylic acids is 1. The summed E-state index contributed by atoms with van der Waals surface area (Å²) in [6.07, 6.45) is 1.98. The third-order valence-electron chi connectivity index (χ3n) is 4.88. The fraction of sp³-hybridized carbons (Fsp3) is 0.0833. The number of carbonyl (C=O) groups is 1. The first-order chi connectivity index (χ1) is 15.0. The first-order valence-electron chi connectivity index (χ1n) is 9.73. The third kappa shape index (κ3) is 4.67. The smallest absolute Gasteiger partial charge is 0.323 e. The van der Waals surface area contributed by atoms with E-state index < -0.39 is 0 Å². The van der Waals surface area contributed by atoms with E-state index in [0.717, 1.165) is 16.7 Å². The van der Waals surface area contributed by atoms with Crippen LogP contribution in [-0.4, -0.2) is 23.5 Å². The van der Waals surface area contributed by atoms with Gasteiger partial charge in [0.1, 0.15) is 11.6 Å². The van der Waals surface area contributed by atoms with Crippen molar-refractivity contribution in [3.63, 3.8) is 0 Å². The standard InChI is InChI=1S/C24H23N5O2/c1-29-13-12-16-14-20(8-11-22(16)29)28-24(30)27-19-5-3-4-17(15-19)23(25)26-18-6-9-21(31-2)10-7-18/h3-15H,1-2H3,(H2,25,26)(H2,27,28,30). The Morgan fingerprint density at radius 3 is 2.45 bits per heavy atom. The van der Waals surface area contributed by atoms with E-state index in [-0.39, 0.29) is 6.03 Å². The zero-order valence-electron chi connectivity index (χ0n) is 17.3. The number of nitrogens with one attached hydrogen (secondary N) is 2. The molecule has 0 unspecified atom stereocenters. The lowest BCUT2D eigenvalue weighted by molar-refractivity contribution is 0.262. The summed E-state index contributed by atoms with van der Waals surface area (Å²) in [4.78, 5) is 16.9. The molecule has 0 bridgehead atoms. The van der Waals surface area contributed by atoms with Crippen molar-refractivity contribution in [2.45, 2.75) is 0 Å². The molecule has 0 radical (unpaired) electrons. The van der Waals surface area contributed by atoms with Gasteiger partial charge >= 0.3 is 6.03 Å². The molecule has 2 amide bonds. The van der Waals surface area contributed by atoms with E-state index in [9.17, 15) is 4.79 Å². The number of ether oxygens (including phenoxy) is 1. The predicted molar refractivity (Wildman–Crippen MR) is 125 cm³/mol. The molecular formula is C24H23N5O2. The van der Waals surface area contributed by atoms with Gasteiger partial charge in [0.15, 0.2) is 0 Å². The van der Waals surface area contributed by atoms with Crippen LogP contribution in [0.5, 0.6) is 5.75 Å². The van der Waals surface area contributed by atoms with E-state index in [1.54, 1.807) is 19.2 Å². The number of fused-ring (bicyclic) bond motifs is 1. The van der Waals surface area contributed by atoms with Crippen molar-refractivity contribution in [1.82, 2.24) is 4.57 Å². The predicted octanol–water partition coefficient (Wildman–Crippen LogP) is 4.87. The molecule has 0 saturated carbocycles. The van der Waals surface area contributed by atoms with Crippen LogP contribution in [0.4, 0.5) is 21.9 Å². The number of anilines is 2. The van der Waals surface area contributed by atoms with E-state index in [4.69, 9.17) is 10.5 Å². The van der Waals surface area contributed by atoms with Crippen molar-refractivity contribution in [2.75, 3.05) is 17.7 Å². The summed E-state index contributed by atoms with van der Waals surface area (Å²) in [7, 11) is 3.60. The van der Waals surface area contributed by atoms with Gasteiger partial charge in [0.05, 0.1) is 12.8 Å². The average molecular weight is 413 g/mol. The molecule has 1 aromatic heterocycles. The lowest BCUT2D eigenvalue weighted by Crippen LogP contribution is -2.20. The number of nitrogens with two attached hydrogens (primary N) is 1. The molecule has 1 heterocycles. The maximum absolute atomic E-state index is 12.5. The van der Waals surface area contributed by atoms with Crippen molar-refractivity contribution in [1.29, 1.82) is 0 Å². The van der Waals surface area contributed by atoms with Crippen LogP contribution in [0.2, 0.25) is 0 Å². The molecular weight excluding hydrogens is 390 g/mol. The van der Waals surface area contributed by atoms with E-state index in [1.165, 1.54) is 0 Å². The Morgan fingerprint density at radius 1 is 0.968 bits per heavy atom. The van der Waals surface area contributed by atoms with Crippen molar-refractivity contribution < 1.29 is 9.53 Å². The van der Waals surface area contributed by atoms with Gasteiger partial charge in [-0.2, -0.15) is 0 Å². The molecule has 0 aliphatic heterocycles. The van der Waals surface area contributed by atoms with Gasteiger partial charge in [-0.3, -0.25) is 0 Å². The van der Waals surface area contributed by atoms with Crippen LogP contribution in [0, 0.1) is 0 Å². The van der Waals surface area contributed by atoms with Gasteiger partial charge in [-0.1, -0.05) is 12.1 Å². The molecule has 0 fully saturated rings. The summed E-state index contributed by atoms with van der Waals surface area (Å²) < 4.78 is 7.18. The lowest BCUT2D eigenvalue weighted by Gasteiger charge is -2.10. The molecule has 4 rings (SSSR count). The zero-order chi connectivity index (χ0) is 21.8. The van der Waals surface area contributed by atoms with E-state index >= 15 is 0 Å². The lowest BCUT2D eigenvalue weighted by atomic mass is 10.2. The average Bonchev–Trinajstić information content (AvgIpc) is 3.14. The van der Waals surface area contributed by atoms with Gasteiger partial charge in [-0.15, -0.1) is 0 Å². The Labute approximate surface area is 180 Å². The summed E-state index contributed by atoms with van der Waals surface area (Å²) in [6, 6.07) is 22.0. The summed E-state index contributed by atoms with van der Waals surface area (Å²) in [5.41, 5.74) is 10.0. The highest BCUT2D eigenvalue weighted by Crippen LogP contribution is 2.21. The maximum atomic E-state index is 12.5.